The van der Waals surface area contributed by atoms with Crippen molar-refractivity contribution in [1.82, 2.24) is 15.1 Å². The number of carbonyl (C=O) groups is 2. The minimum atomic E-state index is -0.860. The Balaban J connectivity index is 1.97. The molecule has 2 aromatic rings. The fourth-order valence-electron chi connectivity index (χ4n) is 2.13. The van der Waals surface area contributed by atoms with Gasteiger partial charge < -0.3 is 10.4 Å². The molecule has 1 aromatic carbocycles. The summed E-state index contributed by atoms with van der Waals surface area (Å²) in [7, 11) is 0. The normalized spacial score (nSPS) is 11.9. The molecular weight excluding hydrogens is 282 g/mol. The smallest absolute Gasteiger partial charge is 0.303 e. The molecule has 1 heterocycles. The average molecular weight is 301 g/mol. The summed E-state index contributed by atoms with van der Waals surface area (Å²) in [4.78, 5) is 22.6. The van der Waals surface area contributed by atoms with Crippen LogP contribution in [0, 0.1) is 12.8 Å². The Morgan fingerprint density at radius 1 is 1.27 bits per heavy atom. The molecule has 0 aliphatic carbocycles. The lowest BCUT2D eigenvalue weighted by Crippen LogP contribution is -2.29. The number of aliphatic carboxylic acids is 1. The van der Waals surface area contributed by atoms with Gasteiger partial charge in [-0.1, -0.05) is 6.92 Å². The summed E-state index contributed by atoms with van der Waals surface area (Å²) in [6.45, 7) is 4.08. The third kappa shape index (κ3) is 3.94. The molecule has 0 aliphatic rings. The van der Waals surface area contributed by atoms with Gasteiger partial charge in [-0.2, -0.15) is 5.10 Å². The van der Waals surface area contributed by atoms with Crippen LogP contribution in [0.2, 0.25) is 0 Å². The zero-order chi connectivity index (χ0) is 16.1. The molecule has 1 unspecified atom stereocenters. The number of benzene rings is 1. The molecule has 1 aromatic heterocycles. The van der Waals surface area contributed by atoms with Crippen LogP contribution in [0.1, 0.15) is 29.4 Å². The molecule has 0 aliphatic heterocycles. The van der Waals surface area contributed by atoms with Gasteiger partial charge in [0.2, 0.25) is 0 Å². The molecule has 0 fully saturated rings. The topological polar surface area (TPSA) is 84.2 Å². The summed E-state index contributed by atoms with van der Waals surface area (Å²) in [5.41, 5.74) is 2.44. The average Bonchev–Trinajstić information content (AvgIpc) is 2.90. The van der Waals surface area contributed by atoms with Crippen molar-refractivity contribution in [2.24, 2.45) is 5.92 Å². The Bertz CT molecular complexity index is 662. The number of nitrogens with zero attached hydrogens (tertiary/aromatic N) is 2. The molecular formula is C16H19N3O3. The van der Waals surface area contributed by atoms with Crippen LogP contribution in [0.15, 0.2) is 36.5 Å². The number of carboxylic acid groups (broad SMARTS) is 1. The Labute approximate surface area is 128 Å². The molecule has 6 nitrogen and oxygen atoms in total. The van der Waals surface area contributed by atoms with Crippen LogP contribution < -0.4 is 5.32 Å². The standard InChI is InChI=1S/C16H19N3O3/c1-11(9-15(20)21)10-17-16(22)13-3-5-14(6-4-13)19-12(2)7-8-18-19/h3-8,11H,9-10H2,1-2H3,(H,17,22)(H,20,21). The second kappa shape index (κ2) is 6.89. The summed E-state index contributed by atoms with van der Waals surface area (Å²) < 4.78 is 1.79. The van der Waals surface area contributed by atoms with E-state index in [1.807, 2.05) is 25.1 Å². The summed E-state index contributed by atoms with van der Waals surface area (Å²) in [5, 5.41) is 15.6. The van der Waals surface area contributed by atoms with Crippen molar-refractivity contribution in [2.45, 2.75) is 20.3 Å². The maximum absolute atomic E-state index is 12.0. The number of hydrogen-bond donors (Lipinski definition) is 2. The van der Waals surface area contributed by atoms with Crippen molar-refractivity contribution in [3.63, 3.8) is 0 Å². The van der Waals surface area contributed by atoms with E-state index in [0.29, 0.717) is 12.1 Å². The predicted octanol–water partition coefficient (Wildman–Crippen LogP) is 2.02. The van der Waals surface area contributed by atoms with Crippen LogP contribution in [0.25, 0.3) is 5.69 Å². The quantitative estimate of drug-likeness (QED) is 0.855. The van der Waals surface area contributed by atoms with E-state index < -0.39 is 5.97 Å². The fraction of sp³-hybridized carbons (Fsp3) is 0.312. The highest BCUT2D eigenvalue weighted by molar-refractivity contribution is 5.94. The number of amides is 1. The Hall–Kier alpha value is -2.63. The Kier molecular flexibility index (Phi) is 4.93. The van der Waals surface area contributed by atoms with Crippen LogP contribution in [-0.4, -0.2) is 33.3 Å². The summed E-state index contributed by atoms with van der Waals surface area (Å²) in [6, 6.07) is 9.02. The van der Waals surface area contributed by atoms with Gasteiger partial charge in [-0.15, -0.1) is 0 Å². The lowest BCUT2D eigenvalue weighted by atomic mass is 10.1. The molecule has 2 N–H and O–H groups in total. The van der Waals surface area contributed by atoms with Crippen LogP contribution in [0.3, 0.4) is 0 Å². The molecule has 6 heteroatoms. The van der Waals surface area contributed by atoms with Crippen LogP contribution in [0.5, 0.6) is 0 Å². The van der Waals surface area contributed by atoms with Crippen molar-refractivity contribution < 1.29 is 14.7 Å². The first-order chi connectivity index (χ1) is 10.5. The molecule has 0 spiro atoms. The van der Waals surface area contributed by atoms with E-state index in [2.05, 4.69) is 10.4 Å². The molecule has 1 atom stereocenters. The van der Waals surface area contributed by atoms with Gasteiger partial charge in [-0.05, 0) is 43.2 Å². The minimum absolute atomic E-state index is 0.0395. The zero-order valence-corrected chi connectivity index (χ0v) is 12.6. The molecule has 0 radical (unpaired) electrons. The second-order valence-electron chi connectivity index (χ2n) is 5.34. The Morgan fingerprint density at radius 2 is 1.95 bits per heavy atom. The Morgan fingerprint density at radius 3 is 2.50 bits per heavy atom. The molecule has 0 saturated carbocycles. The number of aryl methyl sites for hydroxylation is 1. The van der Waals surface area contributed by atoms with E-state index in [9.17, 15) is 9.59 Å². The summed E-state index contributed by atoms with van der Waals surface area (Å²) in [5.74, 6) is -1.17. The van der Waals surface area contributed by atoms with Gasteiger partial charge >= 0.3 is 5.97 Å². The number of rotatable bonds is 6. The maximum Gasteiger partial charge on any atom is 0.303 e. The van der Waals surface area contributed by atoms with Crippen molar-refractivity contribution >= 4 is 11.9 Å². The van der Waals surface area contributed by atoms with E-state index in [-0.39, 0.29) is 18.2 Å². The zero-order valence-electron chi connectivity index (χ0n) is 12.6. The molecule has 116 valence electrons. The number of carbonyl (C=O) groups excluding carboxylic acids is 1. The predicted molar refractivity (Wildman–Crippen MR) is 82.1 cm³/mol. The largest absolute Gasteiger partial charge is 0.481 e. The lowest BCUT2D eigenvalue weighted by Gasteiger charge is -2.11. The molecule has 22 heavy (non-hydrogen) atoms. The molecule has 2 rings (SSSR count). The first-order valence-electron chi connectivity index (χ1n) is 7.08. The number of aromatic nitrogens is 2. The fourth-order valence-corrected chi connectivity index (χ4v) is 2.13. The highest BCUT2D eigenvalue weighted by Crippen LogP contribution is 2.11. The second-order valence-corrected chi connectivity index (χ2v) is 5.34. The van der Waals surface area contributed by atoms with Crippen LogP contribution >= 0.6 is 0 Å². The van der Waals surface area contributed by atoms with Gasteiger partial charge in [0.05, 0.1) is 5.69 Å². The number of hydrogen-bond acceptors (Lipinski definition) is 3. The molecule has 0 saturated heterocycles. The van der Waals surface area contributed by atoms with E-state index in [0.717, 1.165) is 11.4 Å². The highest BCUT2D eigenvalue weighted by Gasteiger charge is 2.11. The van der Waals surface area contributed by atoms with Gasteiger partial charge in [0, 0.05) is 30.4 Å². The first-order valence-corrected chi connectivity index (χ1v) is 7.08. The van der Waals surface area contributed by atoms with Gasteiger partial charge in [0.15, 0.2) is 0 Å². The minimum Gasteiger partial charge on any atom is -0.481 e. The van der Waals surface area contributed by atoms with E-state index in [1.54, 1.807) is 29.9 Å². The molecule has 1 amide bonds. The van der Waals surface area contributed by atoms with Gasteiger partial charge in [0.25, 0.3) is 5.91 Å². The third-order valence-corrected chi connectivity index (χ3v) is 3.34. The van der Waals surface area contributed by atoms with Crippen molar-refractivity contribution in [2.75, 3.05) is 6.54 Å². The number of nitrogens with one attached hydrogen (secondary N) is 1. The highest BCUT2D eigenvalue weighted by atomic mass is 16.4. The monoisotopic (exact) mass is 301 g/mol. The van der Waals surface area contributed by atoms with Gasteiger partial charge in [-0.25, -0.2) is 4.68 Å². The van der Waals surface area contributed by atoms with E-state index in [1.165, 1.54) is 0 Å². The van der Waals surface area contributed by atoms with Crippen molar-refractivity contribution in [3.8, 4) is 5.69 Å². The SMILES string of the molecule is Cc1ccnn1-c1ccc(C(=O)NCC(C)CC(=O)O)cc1. The van der Waals surface area contributed by atoms with Gasteiger partial charge in [-0.3, -0.25) is 9.59 Å². The van der Waals surface area contributed by atoms with E-state index >= 15 is 0 Å². The maximum atomic E-state index is 12.0. The van der Waals surface area contributed by atoms with E-state index in [4.69, 9.17) is 5.11 Å². The summed E-state index contributed by atoms with van der Waals surface area (Å²) in [6.07, 6.45) is 1.76. The third-order valence-electron chi connectivity index (χ3n) is 3.34. The van der Waals surface area contributed by atoms with Gasteiger partial charge in [0.1, 0.15) is 0 Å². The van der Waals surface area contributed by atoms with Crippen molar-refractivity contribution in [1.29, 1.82) is 0 Å². The lowest BCUT2D eigenvalue weighted by molar-refractivity contribution is -0.137. The molecule has 0 bridgehead atoms. The van der Waals surface area contributed by atoms with Crippen molar-refractivity contribution in [3.05, 3.63) is 47.8 Å². The first kappa shape index (κ1) is 15.8. The summed E-state index contributed by atoms with van der Waals surface area (Å²) >= 11 is 0. The van der Waals surface area contributed by atoms with Crippen LogP contribution in [0.4, 0.5) is 0 Å². The van der Waals surface area contributed by atoms with Crippen LogP contribution in [-0.2, 0) is 4.79 Å². The number of carboxylic acids is 1.